The average molecular weight is 482 g/mol. The molecule has 0 saturated heterocycles. The number of H-pyrrole nitrogens is 1. The molecule has 0 unspecified atom stereocenters. The molecular weight excluding hydrogens is 454 g/mol. The van der Waals surface area contributed by atoms with Crippen LogP contribution in [0.25, 0.3) is 33.7 Å². The van der Waals surface area contributed by atoms with Crippen molar-refractivity contribution in [2.75, 3.05) is 6.54 Å². The number of carboxylic acids is 1. The van der Waals surface area contributed by atoms with Crippen molar-refractivity contribution >= 4 is 16.9 Å². The van der Waals surface area contributed by atoms with Crippen LogP contribution < -0.4 is 5.32 Å². The Morgan fingerprint density at radius 1 is 1.14 bits per heavy atom. The maximum absolute atomic E-state index is 11.3. The van der Waals surface area contributed by atoms with Gasteiger partial charge in [-0.25, -0.2) is 0 Å². The molecule has 1 aliphatic heterocycles. The Balaban J connectivity index is 1.31. The van der Waals surface area contributed by atoms with E-state index in [9.17, 15) is 15.2 Å². The molecule has 2 aliphatic rings. The normalized spacial score (nSPS) is 18.1. The highest BCUT2D eigenvalue weighted by molar-refractivity contribution is 5.89. The van der Waals surface area contributed by atoms with Crippen molar-refractivity contribution in [3.8, 4) is 28.9 Å². The quantitative estimate of drug-likeness (QED) is 0.345. The molecule has 1 aliphatic carbocycles. The maximum Gasteiger partial charge on any atom is 0.305 e. The average Bonchev–Trinajstić information content (AvgIpc) is 3.54. The first kappa shape index (κ1) is 22.5. The van der Waals surface area contributed by atoms with E-state index in [0.29, 0.717) is 23.2 Å². The first-order valence-electron chi connectivity index (χ1n) is 12.6. The minimum Gasteiger partial charge on any atom is -0.481 e. The topological polar surface area (TPSA) is 128 Å². The van der Waals surface area contributed by atoms with E-state index in [4.69, 9.17) is 4.52 Å². The minimum absolute atomic E-state index is 0.0328. The highest BCUT2D eigenvalue weighted by Gasteiger charge is 2.26. The fourth-order valence-electron chi connectivity index (χ4n) is 5.81. The predicted molar refractivity (Wildman–Crippen MR) is 134 cm³/mol. The lowest BCUT2D eigenvalue weighted by Crippen LogP contribution is -2.31. The van der Waals surface area contributed by atoms with E-state index in [1.807, 2.05) is 36.4 Å². The number of aromatic nitrogens is 3. The van der Waals surface area contributed by atoms with Gasteiger partial charge in [0.05, 0.1) is 24.1 Å². The number of hydrogen-bond donors (Lipinski definition) is 3. The molecule has 2 aromatic carbocycles. The number of nitrogens with one attached hydrogen (secondary N) is 2. The highest BCUT2D eigenvalue weighted by atomic mass is 16.5. The molecule has 3 heterocycles. The molecule has 3 N–H and O–H groups in total. The fourth-order valence-corrected chi connectivity index (χ4v) is 5.81. The first-order chi connectivity index (χ1) is 17.6. The standard InChI is InChI=1S/C28H27N5O3/c29-15-19-12-18(6-8-20(19)16-4-2-1-3-5-16)28-32-27(33-36-28)17-7-9-23-22(13-17)21-10-11-30-24(14-25(34)35)26(21)31-23/h6-9,12-13,16,24,30-31H,1-5,10-11,14H2,(H,34,35)/t24-/m0/s1. The number of nitrogens with zero attached hydrogens (tertiary/aromatic N) is 3. The van der Waals surface area contributed by atoms with Crippen LogP contribution in [0.4, 0.5) is 0 Å². The van der Waals surface area contributed by atoms with Crippen molar-refractivity contribution in [3.05, 3.63) is 58.8 Å². The van der Waals surface area contributed by atoms with Gasteiger partial charge in [0.25, 0.3) is 5.89 Å². The Morgan fingerprint density at radius 3 is 2.78 bits per heavy atom. The monoisotopic (exact) mass is 481 g/mol. The van der Waals surface area contributed by atoms with Gasteiger partial charge in [-0.1, -0.05) is 30.5 Å². The molecular formula is C28H27N5O3. The van der Waals surface area contributed by atoms with E-state index < -0.39 is 5.97 Å². The maximum atomic E-state index is 11.3. The van der Waals surface area contributed by atoms with Gasteiger partial charge in [-0.15, -0.1) is 0 Å². The number of carbonyl (C=O) groups is 1. The van der Waals surface area contributed by atoms with E-state index in [2.05, 4.69) is 26.5 Å². The third-order valence-corrected chi connectivity index (χ3v) is 7.58. The summed E-state index contributed by atoms with van der Waals surface area (Å²) < 4.78 is 5.60. The lowest BCUT2D eigenvalue weighted by molar-refractivity contribution is -0.137. The molecule has 2 aromatic heterocycles. The molecule has 0 amide bonds. The van der Waals surface area contributed by atoms with Crippen LogP contribution in [0.3, 0.4) is 0 Å². The summed E-state index contributed by atoms with van der Waals surface area (Å²) in [6.07, 6.45) is 6.83. The van der Waals surface area contributed by atoms with Crippen LogP contribution in [0.5, 0.6) is 0 Å². The molecule has 6 rings (SSSR count). The summed E-state index contributed by atoms with van der Waals surface area (Å²) in [6.45, 7) is 0.729. The summed E-state index contributed by atoms with van der Waals surface area (Å²) in [7, 11) is 0. The molecule has 0 spiro atoms. The van der Waals surface area contributed by atoms with Gasteiger partial charge < -0.3 is 19.9 Å². The first-order valence-corrected chi connectivity index (χ1v) is 12.6. The number of nitriles is 1. The summed E-state index contributed by atoms with van der Waals surface area (Å²) in [4.78, 5) is 19.3. The Labute approximate surface area is 208 Å². The number of aromatic amines is 1. The summed E-state index contributed by atoms with van der Waals surface area (Å²) in [6, 6.07) is 14.0. The van der Waals surface area contributed by atoms with Crippen molar-refractivity contribution < 1.29 is 14.4 Å². The van der Waals surface area contributed by atoms with Gasteiger partial charge in [0, 0.05) is 27.7 Å². The molecule has 4 aromatic rings. The second kappa shape index (κ2) is 9.25. The van der Waals surface area contributed by atoms with Crippen LogP contribution in [0.1, 0.15) is 72.9 Å². The summed E-state index contributed by atoms with van der Waals surface area (Å²) in [5, 5.41) is 27.6. The van der Waals surface area contributed by atoms with Gasteiger partial charge in [-0.05, 0) is 73.2 Å². The summed E-state index contributed by atoms with van der Waals surface area (Å²) >= 11 is 0. The zero-order valence-corrected chi connectivity index (χ0v) is 19.9. The molecule has 1 saturated carbocycles. The van der Waals surface area contributed by atoms with Crippen LogP contribution in [0.15, 0.2) is 40.9 Å². The second-order valence-corrected chi connectivity index (χ2v) is 9.80. The van der Waals surface area contributed by atoms with Gasteiger partial charge in [-0.2, -0.15) is 10.2 Å². The molecule has 36 heavy (non-hydrogen) atoms. The fraction of sp³-hybridized carbons (Fsp3) is 0.357. The summed E-state index contributed by atoms with van der Waals surface area (Å²) in [5.74, 6) is 0.488. The molecule has 0 bridgehead atoms. The third kappa shape index (κ3) is 4.06. The minimum atomic E-state index is -0.828. The molecule has 1 fully saturated rings. The van der Waals surface area contributed by atoms with Gasteiger partial charge in [0.2, 0.25) is 5.82 Å². The lowest BCUT2D eigenvalue weighted by Gasteiger charge is -2.22. The van der Waals surface area contributed by atoms with Crippen molar-refractivity contribution in [2.45, 2.75) is 56.9 Å². The second-order valence-electron chi connectivity index (χ2n) is 9.80. The van der Waals surface area contributed by atoms with E-state index in [0.717, 1.165) is 64.7 Å². The van der Waals surface area contributed by atoms with Crippen molar-refractivity contribution in [1.29, 1.82) is 5.26 Å². The Morgan fingerprint density at radius 2 is 1.97 bits per heavy atom. The number of benzene rings is 2. The molecule has 182 valence electrons. The van der Waals surface area contributed by atoms with Gasteiger partial charge >= 0.3 is 5.97 Å². The number of hydrogen-bond acceptors (Lipinski definition) is 6. The predicted octanol–water partition coefficient (Wildman–Crippen LogP) is 5.47. The van der Waals surface area contributed by atoms with Crippen molar-refractivity contribution in [3.63, 3.8) is 0 Å². The van der Waals surface area contributed by atoms with Gasteiger partial charge in [0.1, 0.15) is 0 Å². The number of carboxylic acid groups (broad SMARTS) is 1. The van der Waals surface area contributed by atoms with Crippen LogP contribution in [-0.4, -0.2) is 32.7 Å². The number of aliphatic carboxylic acids is 1. The molecule has 8 heteroatoms. The van der Waals surface area contributed by atoms with Crippen molar-refractivity contribution in [2.24, 2.45) is 0 Å². The summed E-state index contributed by atoms with van der Waals surface area (Å²) in [5.41, 5.74) is 6.41. The van der Waals surface area contributed by atoms with E-state index >= 15 is 0 Å². The lowest BCUT2D eigenvalue weighted by atomic mass is 9.82. The van der Waals surface area contributed by atoms with Crippen molar-refractivity contribution in [1.82, 2.24) is 20.4 Å². The Kier molecular flexibility index (Phi) is 5.78. The van der Waals surface area contributed by atoms with Crippen LogP contribution in [0.2, 0.25) is 0 Å². The highest BCUT2D eigenvalue weighted by Crippen LogP contribution is 2.37. The van der Waals surface area contributed by atoms with Gasteiger partial charge in [0.15, 0.2) is 0 Å². The zero-order chi connectivity index (χ0) is 24.6. The smallest absolute Gasteiger partial charge is 0.305 e. The molecule has 0 radical (unpaired) electrons. The largest absolute Gasteiger partial charge is 0.481 e. The zero-order valence-electron chi connectivity index (χ0n) is 19.9. The van der Waals surface area contributed by atoms with Gasteiger partial charge in [-0.3, -0.25) is 4.79 Å². The van der Waals surface area contributed by atoms with Crippen LogP contribution in [-0.2, 0) is 11.2 Å². The Bertz CT molecular complexity index is 1490. The van der Waals surface area contributed by atoms with E-state index in [1.54, 1.807) is 0 Å². The van der Waals surface area contributed by atoms with E-state index in [-0.39, 0.29) is 12.5 Å². The molecule has 8 nitrogen and oxygen atoms in total. The Hall–Kier alpha value is -3.96. The SMILES string of the molecule is N#Cc1cc(-c2nc(-c3ccc4[nH]c5c(c4c3)CCN[C@H]5CC(=O)O)no2)ccc1C1CCCCC1. The number of fused-ring (bicyclic) bond motifs is 3. The van der Waals surface area contributed by atoms with E-state index in [1.165, 1.54) is 19.3 Å². The number of rotatable bonds is 5. The third-order valence-electron chi connectivity index (χ3n) is 7.58. The van der Waals surface area contributed by atoms with Crippen LogP contribution >= 0.6 is 0 Å². The van der Waals surface area contributed by atoms with Crippen LogP contribution in [0, 0.1) is 11.3 Å². The molecule has 1 atom stereocenters.